The zero-order valence-electron chi connectivity index (χ0n) is 13.6. The Bertz CT molecular complexity index is 422. The third-order valence-corrected chi connectivity index (χ3v) is 3.80. The number of aromatic nitrogens is 1. The minimum Gasteiger partial charge on any atom is -0.355 e. The maximum Gasteiger partial charge on any atom is 0.147 e. The van der Waals surface area contributed by atoms with Crippen LogP contribution in [0.3, 0.4) is 0 Å². The molecule has 0 saturated carbocycles. The van der Waals surface area contributed by atoms with Crippen molar-refractivity contribution in [3.05, 3.63) is 22.8 Å². The fourth-order valence-corrected chi connectivity index (χ4v) is 2.53. The second-order valence-corrected chi connectivity index (χ2v) is 6.74. The van der Waals surface area contributed by atoms with Gasteiger partial charge in [-0.05, 0) is 45.2 Å². The normalized spacial score (nSPS) is 12.0. The van der Waals surface area contributed by atoms with Crippen molar-refractivity contribution in [3.63, 3.8) is 0 Å². The van der Waals surface area contributed by atoms with E-state index in [0.717, 1.165) is 35.8 Å². The highest BCUT2D eigenvalue weighted by molar-refractivity contribution is 6.33. The lowest BCUT2D eigenvalue weighted by Gasteiger charge is -2.28. The molecule has 0 radical (unpaired) electrons. The van der Waals surface area contributed by atoms with Crippen LogP contribution in [0.15, 0.2) is 12.3 Å². The van der Waals surface area contributed by atoms with Gasteiger partial charge in [0.2, 0.25) is 0 Å². The minimum atomic E-state index is 0.0947. The summed E-state index contributed by atoms with van der Waals surface area (Å²) < 4.78 is 0. The van der Waals surface area contributed by atoms with Crippen LogP contribution < -0.4 is 10.2 Å². The summed E-state index contributed by atoms with van der Waals surface area (Å²) in [7, 11) is 2.07. The Hall–Kier alpha value is -0.800. The quantitative estimate of drug-likeness (QED) is 0.851. The van der Waals surface area contributed by atoms with Crippen molar-refractivity contribution in [1.29, 1.82) is 0 Å². The van der Waals surface area contributed by atoms with E-state index in [4.69, 9.17) is 11.6 Å². The van der Waals surface area contributed by atoms with Crippen LogP contribution in [0.25, 0.3) is 0 Å². The second-order valence-electron chi connectivity index (χ2n) is 6.33. The summed E-state index contributed by atoms with van der Waals surface area (Å²) in [4.78, 5) is 6.73. The van der Waals surface area contributed by atoms with Crippen LogP contribution in [-0.4, -0.2) is 23.6 Å². The van der Waals surface area contributed by atoms with Gasteiger partial charge in [0.05, 0.1) is 5.02 Å². The molecule has 3 nitrogen and oxygen atoms in total. The molecule has 1 aromatic rings. The van der Waals surface area contributed by atoms with E-state index < -0.39 is 0 Å². The lowest BCUT2D eigenvalue weighted by molar-refractivity contribution is 0.424. The number of pyridine rings is 1. The Kier molecular flexibility index (Phi) is 6.28. The molecule has 0 aliphatic heterocycles. The van der Waals surface area contributed by atoms with E-state index in [-0.39, 0.29) is 5.54 Å². The van der Waals surface area contributed by atoms with E-state index in [1.807, 2.05) is 12.3 Å². The smallest absolute Gasteiger partial charge is 0.147 e. The number of rotatable bonds is 6. The van der Waals surface area contributed by atoms with Crippen LogP contribution in [0.2, 0.25) is 5.02 Å². The van der Waals surface area contributed by atoms with Crippen molar-refractivity contribution in [3.8, 4) is 0 Å². The van der Waals surface area contributed by atoms with E-state index >= 15 is 0 Å². The zero-order valence-corrected chi connectivity index (χ0v) is 14.4. The third kappa shape index (κ3) is 4.95. The summed E-state index contributed by atoms with van der Waals surface area (Å²) in [5.74, 6) is 0.875. The minimum absolute atomic E-state index is 0.0947. The highest BCUT2D eigenvalue weighted by atomic mass is 35.5. The third-order valence-electron chi connectivity index (χ3n) is 3.53. The zero-order chi connectivity index (χ0) is 15.3. The van der Waals surface area contributed by atoms with Crippen LogP contribution >= 0.6 is 11.6 Å². The molecule has 0 spiro atoms. The fourth-order valence-electron chi connectivity index (χ4n) is 2.20. The number of hydrogen-bond acceptors (Lipinski definition) is 3. The molecule has 1 N–H and O–H groups in total. The van der Waals surface area contributed by atoms with Gasteiger partial charge in [-0.15, -0.1) is 0 Å². The Morgan fingerprint density at radius 2 is 1.90 bits per heavy atom. The van der Waals surface area contributed by atoms with Crippen LogP contribution in [0.5, 0.6) is 0 Å². The average molecular weight is 298 g/mol. The van der Waals surface area contributed by atoms with Crippen molar-refractivity contribution in [2.24, 2.45) is 0 Å². The highest BCUT2D eigenvalue weighted by Crippen LogP contribution is 2.26. The van der Waals surface area contributed by atoms with Gasteiger partial charge in [0.1, 0.15) is 5.82 Å². The number of hydrogen-bond donors (Lipinski definition) is 1. The monoisotopic (exact) mass is 297 g/mol. The average Bonchev–Trinajstić information content (AvgIpc) is 2.37. The summed E-state index contributed by atoms with van der Waals surface area (Å²) in [5, 5.41) is 4.18. The maximum atomic E-state index is 6.40. The van der Waals surface area contributed by atoms with Crippen molar-refractivity contribution < 1.29 is 0 Å². The largest absolute Gasteiger partial charge is 0.355 e. The first kappa shape index (κ1) is 17.3. The fraction of sp³-hybridized carbons (Fsp3) is 0.688. The first-order chi connectivity index (χ1) is 9.28. The standard InChI is InChI=1S/C16H28ClN3/c1-7-13(8-2)20(6)15-14(17)9-12(10-18-15)11-19-16(3,4)5/h9-10,13,19H,7-8,11H2,1-6H3. The molecule has 0 atom stereocenters. The predicted octanol–water partition coefficient (Wildman–Crippen LogP) is 4.25. The molecule has 0 fully saturated rings. The molecule has 114 valence electrons. The summed E-state index contributed by atoms with van der Waals surface area (Å²) in [5.41, 5.74) is 1.21. The van der Waals surface area contributed by atoms with E-state index in [2.05, 4.69) is 56.9 Å². The van der Waals surface area contributed by atoms with Gasteiger partial charge in [-0.3, -0.25) is 0 Å². The van der Waals surface area contributed by atoms with Gasteiger partial charge in [0, 0.05) is 31.4 Å². The van der Waals surface area contributed by atoms with E-state index in [9.17, 15) is 0 Å². The number of anilines is 1. The summed E-state index contributed by atoms with van der Waals surface area (Å²) in [6.07, 6.45) is 4.11. The molecule has 1 rings (SSSR count). The Labute approximate surface area is 128 Å². The van der Waals surface area contributed by atoms with E-state index in [1.54, 1.807) is 0 Å². The van der Waals surface area contributed by atoms with Crippen LogP contribution in [0.1, 0.15) is 53.0 Å². The summed E-state index contributed by atoms with van der Waals surface area (Å²) in [6, 6.07) is 2.50. The van der Waals surface area contributed by atoms with Gasteiger partial charge in [-0.25, -0.2) is 4.98 Å². The molecule has 0 aliphatic carbocycles. The van der Waals surface area contributed by atoms with Gasteiger partial charge >= 0.3 is 0 Å². The molecule has 0 unspecified atom stereocenters. The van der Waals surface area contributed by atoms with E-state index in [1.165, 1.54) is 0 Å². The van der Waals surface area contributed by atoms with Crippen LogP contribution in [0.4, 0.5) is 5.82 Å². The topological polar surface area (TPSA) is 28.2 Å². The van der Waals surface area contributed by atoms with Crippen molar-refractivity contribution in [2.75, 3.05) is 11.9 Å². The molecule has 0 aliphatic rings. The first-order valence-corrected chi connectivity index (χ1v) is 7.78. The lowest BCUT2D eigenvalue weighted by Crippen LogP contribution is -2.35. The molecule has 0 saturated heterocycles. The maximum absolute atomic E-state index is 6.40. The van der Waals surface area contributed by atoms with Crippen LogP contribution in [-0.2, 0) is 6.54 Å². The molecule has 20 heavy (non-hydrogen) atoms. The Balaban J connectivity index is 2.82. The molecular formula is C16H28ClN3. The molecule has 0 bridgehead atoms. The van der Waals surface area contributed by atoms with Crippen molar-refractivity contribution in [2.45, 2.75) is 65.6 Å². The SMILES string of the molecule is CCC(CC)N(C)c1ncc(CNC(C)(C)C)cc1Cl. The number of nitrogens with zero attached hydrogens (tertiary/aromatic N) is 2. The highest BCUT2D eigenvalue weighted by Gasteiger charge is 2.16. The summed E-state index contributed by atoms with van der Waals surface area (Å²) in [6.45, 7) is 11.6. The molecule has 4 heteroatoms. The molecule has 1 heterocycles. The first-order valence-electron chi connectivity index (χ1n) is 7.40. The molecule has 1 aromatic heterocycles. The number of halogens is 1. The molecule has 0 amide bonds. The molecular weight excluding hydrogens is 270 g/mol. The predicted molar refractivity (Wildman–Crippen MR) is 88.6 cm³/mol. The van der Waals surface area contributed by atoms with Crippen LogP contribution in [0, 0.1) is 0 Å². The lowest BCUT2D eigenvalue weighted by atomic mass is 10.1. The number of nitrogens with one attached hydrogen (secondary N) is 1. The van der Waals surface area contributed by atoms with Crippen molar-refractivity contribution >= 4 is 17.4 Å². The van der Waals surface area contributed by atoms with Gasteiger partial charge in [-0.2, -0.15) is 0 Å². The summed E-state index contributed by atoms with van der Waals surface area (Å²) >= 11 is 6.40. The van der Waals surface area contributed by atoms with Gasteiger partial charge < -0.3 is 10.2 Å². The van der Waals surface area contributed by atoms with Gasteiger partial charge in [-0.1, -0.05) is 25.4 Å². The second kappa shape index (κ2) is 7.28. The van der Waals surface area contributed by atoms with E-state index in [0.29, 0.717) is 6.04 Å². The Morgan fingerprint density at radius 1 is 1.30 bits per heavy atom. The Morgan fingerprint density at radius 3 is 2.35 bits per heavy atom. The molecule has 0 aromatic carbocycles. The van der Waals surface area contributed by atoms with Gasteiger partial charge in [0.15, 0.2) is 0 Å². The van der Waals surface area contributed by atoms with Crippen molar-refractivity contribution in [1.82, 2.24) is 10.3 Å². The van der Waals surface area contributed by atoms with Gasteiger partial charge in [0.25, 0.3) is 0 Å².